The number of nitrogens with zero attached hydrogens (tertiary/aromatic N) is 2. The molecule has 21 heavy (non-hydrogen) atoms. The highest BCUT2D eigenvalue weighted by Gasteiger charge is 2.15. The maximum absolute atomic E-state index is 13.7. The minimum Gasteiger partial charge on any atom is -0.289 e. The summed E-state index contributed by atoms with van der Waals surface area (Å²) in [5.74, 6) is -1.35. The van der Waals surface area contributed by atoms with Gasteiger partial charge in [-0.05, 0) is 30.4 Å². The Balaban J connectivity index is 2.24. The van der Waals surface area contributed by atoms with E-state index in [-0.39, 0.29) is 5.56 Å². The Morgan fingerprint density at radius 2 is 2.10 bits per heavy atom. The third-order valence-electron chi connectivity index (χ3n) is 2.77. The number of benzene rings is 1. The molecule has 0 radical (unpaired) electrons. The number of hydrogen-bond acceptors (Lipinski definition) is 4. The van der Waals surface area contributed by atoms with Crippen molar-refractivity contribution in [1.82, 2.24) is 9.78 Å². The fourth-order valence-corrected chi connectivity index (χ4v) is 2.48. The van der Waals surface area contributed by atoms with Crippen LogP contribution in [0.4, 0.5) is 4.39 Å². The molecule has 0 unspecified atom stereocenters. The fraction of sp³-hybridized carbons (Fsp3) is 0.143. The van der Waals surface area contributed by atoms with Gasteiger partial charge in [0.05, 0.1) is 6.20 Å². The summed E-state index contributed by atoms with van der Waals surface area (Å²) in [5.41, 5.74) is 0.819. The lowest BCUT2D eigenvalue weighted by Crippen LogP contribution is -2.03. The summed E-state index contributed by atoms with van der Waals surface area (Å²) in [6.45, 7) is 0. The van der Waals surface area contributed by atoms with Crippen molar-refractivity contribution in [2.75, 3.05) is 6.26 Å². The van der Waals surface area contributed by atoms with E-state index in [2.05, 4.69) is 5.10 Å². The van der Waals surface area contributed by atoms with Crippen LogP contribution in [-0.4, -0.2) is 30.2 Å². The molecule has 0 aliphatic carbocycles. The molecule has 2 aromatic rings. The van der Waals surface area contributed by atoms with Crippen molar-refractivity contribution in [2.45, 2.75) is 4.90 Å². The largest absolute Gasteiger partial charge is 0.289 e. The number of halogens is 1. The first-order valence-corrected chi connectivity index (χ1v) is 7.87. The normalized spacial score (nSPS) is 12.0. The number of ketones is 1. The second kappa shape index (κ2) is 5.61. The molecule has 0 N–H and O–H groups in total. The molecule has 2 rings (SSSR count). The summed E-state index contributed by atoms with van der Waals surface area (Å²) in [6, 6.07) is 3.30. The molecule has 1 aromatic carbocycles. The number of hydrogen-bond donors (Lipinski definition) is 0. The summed E-state index contributed by atoms with van der Waals surface area (Å²) in [6.07, 6.45) is 7.05. The number of allylic oxidation sites excluding steroid dienone is 1. The maximum Gasteiger partial charge on any atom is 0.185 e. The van der Waals surface area contributed by atoms with Gasteiger partial charge in [-0.25, -0.2) is 12.8 Å². The van der Waals surface area contributed by atoms with Crippen LogP contribution in [0.1, 0.15) is 15.9 Å². The van der Waals surface area contributed by atoms with E-state index in [1.807, 2.05) is 0 Å². The van der Waals surface area contributed by atoms with Crippen molar-refractivity contribution < 1.29 is 17.6 Å². The number of carbonyl (C=O) groups excluding carboxylic acids is 1. The molecule has 0 spiro atoms. The van der Waals surface area contributed by atoms with Gasteiger partial charge in [0.15, 0.2) is 15.6 Å². The van der Waals surface area contributed by atoms with Gasteiger partial charge in [-0.1, -0.05) is 0 Å². The summed E-state index contributed by atoms with van der Waals surface area (Å²) in [7, 11) is -1.90. The van der Waals surface area contributed by atoms with Crippen molar-refractivity contribution in [3.8, 4) is 0 Å². The Kier molecular flexibility index (Phi) is 4.04. The predicted octanol–water partition coefficient (Wildman–Crippen LogP) is 1.86. The molecule has 110 valence electrons. The van der Waals surface area contributed by atoms with Gasteiger partial charge in [0.2, 0.25) is 0 Å². The van der Waals surface area contributed by atoms with E-state index in [0.29, 0.717) is 0 Å². The lowest BCUT2D eigenvalue weighted by Gasteiger charge is -2.02. The van der Waals surface area contributed by atoms with Gasteiger partial charge >= 0.3 is 0 Å². The molecule has 0 aliphatic rings. The van der Waals surface area contributed by atoms with Gasteiger partial charge in [-0.2, -0.15) is 5.10 Å². The van der Waals surface area contributed by atoms with E-state index in [9.17, 15) is 17.6 Å². The number of aromatic nitrogens is 2. The average Bonchev–Trinajstić information content (AvgIpc) is 2.80. The topological polar surface area (TPSA) is 69.0 Å². The highest BCUT2D eigenvalue weighted by molar-refractivity contribution is 7.90. The zero-order valence-corrected chi connectivity index (χ0v) is 12.3. The molecule has 0 fully saturated rings. The van der Waals surface area contributed by atoms with Crippen LogP contribution in [0.25, 0.3) is 6.08 Å². The first-order valence-electron chi connectivity index (χ1n) is 5.98. The molecule has 1 aromatic heterocycles. The highest BCUT2D eigenvalue weighted by Crippen LogP contribution is 2.16. The first kappa shape index (κ1) is 15.1. The zero-order valence-electron chi connectivity index (χ0n) is 11.4. The Labute approximate surface area is 121 Å². The minimum atomic E-state index is -3.64. The van der Waals surface area contributed by atoms with E-state index < -0.39 is 26.3 Å². The van der Waals surface area contributed by atoms with Crippen molar-refractivity contribution in [2.24, 2.45) is 7.05 Å². The van der Waals surface area contributed by atoms with Gasteiger partial charge < -0.3 is 0 Å². The molecule has 0 saturated carbocycles. The monoisotopic (exact) mass is 308 g/mol. The van der Waals surface area contributed by atoms with E-state index in [1.54, 1.807) is 30.2 Å². The molecule has 1 heterocycles. The van der Waals surface area contributed by atoms with Crippen LogP contribution in [-0.2, 0) is 16.9 Å². The van der Waals surface area contributed by atoms with Crippen LogP contribution in [0.2, 0.25) is 0 Å². The van der Waals surface area contributed by atoms with Crippen molar-refractivity contribution in [3.05, 3.63) is 53.6 Å². The third-order valence-corrected chi connectivity index (χ3v) is 3.90. The van der Waals surface area contributed by atoms with Crippen LogP contribution in [0.15, 0.2) is 41.6 Å². The summed E-state index contributed by atoms with van der Waals surface area (Å²) in [5, 5.41) is 3.95. The molecule has 5 nitrogen and oxygen atoms in total. The molecule has 0 saturated heterocycles. The SMILES string of the molecule is Cn1cc(C=CC(=O)c2ccc(S(C)(=O)=O)c(F)c2)cn1. The van der Waals surface area contributed by atoms with E-state index in [4.69, 9.17) is 0 Å². The van der Waals surface area contributed by atoms with Crippen LogP contribution in [0, 0.1) is 5.82 Å². The van der Waals surface area contributed by atoms with Crippen molar-refractivity contribution >= 4 is 21.7 Å². The van der Waals surface area contributed by atoms with E-state index in [1.165, 1.54) is 12.1 Å². The number of rotatable bonds is 4. The molecule has 0 amide bonds. The molecule has 0 atom stereocenters. The smallest absolute Gasteiger partial charge is 0.185 e. The lowest BCUT2D eigenvalue weighted by atomic mass is 10.1. The summed E-state index contributed by atoms with van der Waals surface area (Å²) in [4.78, 5) is 11.5. The van der Waals surface area contributed by atoms with Gasteiger partial charge in [-0.3, -0.25) is 9.48 Å². The van der Waals surface area contributed by atoms with Gasteiger partial charge in [-0.15, -0.1) is 0 Å². The van der Waals surface area contributed by atoms with Crippen LogP contribution < -0.4 is 0 Å². The fourth-order valence-electron chi connectivity index (χ4n) is 1.75. The van der Waals surface area contributed by atoms with E-state index >= 15 is 0 Å². The Morgan fingerprint density at radius 1 is 1.38 bits per heavy atom. The zero-order chi connectivity index (χ0) is 15.6. The number of aryl methyl sites for hydroxylation is 1. The highest BCUT2D eigenvalue weighted by atomic mass is 32.2. The summed E-state index contributed by atoms with van der Waals surface area (Å²) >= 11 is 0. The molecular formula is C14H13FN2O3S. The standard InChI is InChI=1S/C14H13FN2O3S/c1-17-9-10(8-16-17)3-5-13(18)11-4-6-14(12(15)7-11)21(2,19)20/h3-9H,1-2H3. The van der Waals surface area contributed by atoms with E-state index in [0.717, 1.165) is 24.0 Å². The maximum atomic E-state index is 13.7. The quantitative estimate of drug-likeness (QED) is 0.638. The number of sulfone groups is 1. The first-order chi connectivity index (χ1) is 9.77. The average molecular weight is 308 g/mol. The number of carbonyl (C=O) groups is 1. The Hall–Kier alpha value is -2.28. The molecule has 0 bridgehead atoms. The van der Waals surface area contributed by atoms with Crippen LogP contribution in [0.3, 0.4) is 0 Å². The molecular weight excluding hydrogens is 295 g/mol. The van der Waals surface area contributed by atoms with Gasteiger partial charge in [0.25, 0.3) is 0 Å². The molecule has 0 aliphatic heterocycles. The minimum absolute atomic E-state index is 0.0834. The van der Waals surface area contributed by atoms with Crippen LogP contribution in [0.5, 0.6) is 0 Å². The Morgan fingerprint density at radius 3 is 2.62 bits per heavy atom. The summed E-state index contributed by atoms with van der Waals surface area (Å²) < 4.78 is 37.9. The van der Waals surface area contributed by atoms with Gasteiger partial charge in [0, 0.05) is 30.6 Å². The second-order valence-electron chi connectivity index (χ2n) is 4.56. The predicted molar refractivity (Wildman–Crippen MR) is 76.1 cm³/mol. The Bertz CT molecular complexity index is 822. The van der Waals surface area contributed by atoms with Gasteiger partial charge in [0.1, 0.15) is 10.7 Å². The second-order valence-corrected chi connectivity index (χ2v) is 6.55. The molecule has 7 heteroatoms. The third kappa shape index (κ3) is 3.63. The van der Waals surface area contributed by atoms with Crippen LogP contribution >= 0.6 is 0 Å². The van der Waals surface area contributed by atoms with Crippen molar-refractivity contribution in [1.29, 1.82) is 0 Å². The lowest BCUT2D eigenvalue weighted by molar-refractivity contribution is 0.104. The van der Waals surface area contributed by atoms with Crippen molar-refractivity contribution in [3.63, 3.8) is 0 Å².